The van der Waals surface area contributed by atoms with Gasteiger partial charge >= 0.3 is 11.8 Å². The molecule has 4 amide bonds. The second-order valence-electron chi connectivity index (χ2n) is 5.56. The normalized spacial score (nSPS) is 18.6. The van der Waals surface area contributed by atoms with E-state index in [0.29, 0.717) is 11.5 Å². The summed E-state index contributed by atoms with van der Waals surface area (Å²) in [7, 11) is 0. The smallest absolute Gasteiger partial charge is 0.309 e. The van der Waals surface area contributed by atoms with Crippen molar-refractivity contribution >= 4 is 34.7 Å². The molecule has 26 heavy (non-hydrogen) atoms. The topological polar surface area (TPSA) is 114 Å². The summed E-state index contributed by atoms with van der Waals surface area (Å²) in [6.07, 6.45) is -0.404. The van der Waals surface area contributed by atoms with Crippen molar-refractivity contribution in [3.05, 3.63) is 24.3 Å². The lowest BCUT2D eigenvalue weighted by Gasteiger charge is -2.26. The number of hydrogen-bond donors (Lipinski definition) is 2. The Morgan fingerprint density at radius 1 is 1.15 bits per heavy atom. The summed E-state index contributed by atoms with van der Waals surface area (Å²) in [6, 6.07) is 7.18. The first-order chi connectivity index (χ1) is 12.5. The van der Waals surface area contributed by atoms with Crippen molar-refractivity contribution < 1.29 is 28.7 Å². The number of hydrogen-bond acceptors (Lipinski definition) is 7. The average Bonchev–Trinajstić information content (AvgIpc) is 2.97. The maximum atomic E-state index is 11.8. The van der Waals surface area contributed by atoms with E-state index in [2.05, 4.69) is 10.6 Å². The lowest BCUT2D eigenvalue weighted by atomic mass is 10.2. The highest BCUT2D eigenvalue weighted by molar-refractivity contribution is 8.14. The van der Waals surface area contributed by atoms with Crippen molar-refractivity contribution in [1.82, 2.24) is 15.5 Å². The van der Waals surface area contributed by atoms with E-state index in [1.807, 2.05) is 12.1 Å². The number of carbonyl (C=O) groups excluding carboxylic acids is 4. The van der Waals surface area contributed by atoms with E-state index in [1.54, 1.807) is 12.1 Å². The Bertz CT molecular complexity index is 724. The van der Waals surface area contributed by atoms with Gasteiger partial charge in [-0.05, 0) is 12.1 Å². The summed E-state index contributed by atoms with van der Waals surface area (Å²) in [6.45, 7) is 0.427. The summed E-state index contributed by atoms with van der Waals surface area (Å²) in [5, 5.41) is 4.50. The number of ether oxygens (including phenoxy) is 2. The van der Waals surface area contributed by atoms with Gasteiger partial charge in [-0.1, -0.05) is 23.9 Å². The summed E-state index contributed by atoms with van der Waals surface area (Å²) in [4.78, 5) is 47.5. The van der Waals surface area contributed by atoms with Gasteiger partial charge in [0.05, 0.1) is 12.3 Å². The van der Waals surface area contributed by atoms with Crippen molar-refractivity contribution in [2.24, 2.45) is 0 Å². The zero-order valence-electron chi connectivity index (χ0n) is 13.7. The second kappa shape index (κ2) is 8.09. The Morgan fingerprint density at radius 3 is 2.62 bits per heavy atom. The van der Waals surface area contributed by atoms with Crippen LogP contribution in [0.1, 0.15) is 0 Å². The van der Waals surface area contributed by atoms with Crippen LogP contribution in [0.2, 0.25) is 0 Å². The third kappa shape index (κ3) is 4.26. The summed E-state index contributed by atoms with van der Waals surface area (Å²) in [5.41, 5.74) is 0. The molecule has 9 nitrogen and oxygen atoms in total. The molecule has 0 aromatic heterocycles. The number of nitrogens with one attached hydrogen (secondary N) is 2. The molecule has 2 aliphatic rings. The van der Waals surface area contributed by atoms with Gasteiger partial charge < -0.3 is 20.1 Å². The van der Waals surface area contributed by atoms with Gasteiger partial charge in [-0.3, -0.25) is 24.1 Å². The number of carbonyl (C=O) groups is 4. The summed E-state index contributed by atoms with van der Waals surface area (Å²) in [5.74, 6) is -0.625. The van der Waals surface area contributed by atoms with Crippen molar-refractivity contribution in [2.75, 3.05) is 32.0 Å². The largest absolute Gasteiger partial charge is 0.486 e. The predicted octanol–water partition coefficient (Wildman–Crippen LogP) is -0.246. The lowest BCUT2D eigenvalue weighted by Crippen LogP contribution is -2.47. The molecule has 138 valence electrons. The maximum Gasteiger partial charge on any atom is 0.309 e. The summed E-state index contributed by atoms with van der Waals surface area (Å²) >= 11 is 0.917. The van der Waals surface area contributed by atoms with E-state index in [0.717, 1.165) is 16.7 Å². The molecule has 1 aromatic rings. The van der Waals surface area contributed by atoms with E-state index >= 15 is 0 Å². The van der Waals surface area contributed by atoms with Crippen LogP contribution in [-0.2, 0) is 14.4 Å². The van der Waals surface area contributed by atoms with Crippen molar-refractivity contribution in [2.45, 2.75) is 6.10 Å². The number of para-hydroxylation sites is 2. The van der Waals surface area contributed by atoms with Gasteiger partial charge in [-0.25, -0.2) is 0 Å². The highest BCUT2D eigenvalue weighted by Gasteiger charge is 2.29. The molecule has 0 radical (unpaired) electrons. The molecule has 10 heteroatoms. The molecule has 0 spiro atoms. The fourth-order valence-electron chi connectivity index (χ4n) is 2.41. The molecular weight excluding hydrogens is 362 g/mol. The first kappa shape index (κ1) is 18.1. The van der Waals surface area contributed by atoms with Gasteiger partial charge in [-0.2, -0.15) is 0 Å². The lowest BCUT2D eigenvalue weighted by molar-refractivity contribution is -0.139. The van der Waals surface area contributed by atoms with E-state index < -0.39 is 17.9 Å². The van der Waals surface area contributed by atoms with E-state index in [4.69, 9.17) is 9.47 Å². The molecule has 0 bridgehead atoms. The van der Waals surface area contributed by atoms with Crippen LogP contribution in [0, 0.1) is 0 Å². The Balaban J connectivity index is 1.37. The van der Waals surface area contributed by atoms with E-state index in [-0.39, 0.29) is 43.1 Å². The number of thioether (sulfide) groups is 1. The molecular formula is C16H17N3O6S. The zero-order valence-corrected chi connectivity index (χ0v) is 14.5. The van der Waals surface area contributed by atoms with Gasteiger partial charge in [0.25, 0.3) is 5.24 Å². The van der Waals surface area contributed by atoms with Crippen LogP contribution in [0.3, 0.4) is 0 Å². The Labute approximate surface area is 153 Å². The van der Waals surface area contributed by atoms with Crippen LogP contribution < -0.4 is 20.1 Å². The molecule has 0 saturated carbocycles. The number of nitrogens with zero attached hydrogens (tertiary/aromatic N) is 1. The first-order valence-corrected chi connectivity index (χ1v) is 8.95. The third-order valence-corrected chi connectivity index (χ3v) is 4.58. The van der Waals surface area contributed by atoms with E-state index in [9.17, 15) is 19.2 Å². The van der Waals surface area contributed by atoms with Gasteiger partial charge in [0, 0.05) is 13.1 Å². The van der Waals surface area contributed by atoms with Crippen LogP contribution in [0.25, 0.3) is 0 Å². The fraction of sp³-hybridized carbons (Fsp3) is 0.375. The number of benzene rings is 1. The van der Waals surface area contributed by atoms with E-state index in [1.165, 1.54) is 0 Å². The zero-order chi connectivity index (χ0) is 18.5. The van der Waals surface area contributed by atoms with Crippen LogP contribution in [-0.4, -0.2) is 66.0 Å². The maximum absolute atomic E-state index is 11.8. The number of rotatable bonds is 5. The Morgan fingerprint density at radius 2 is 1.88 bits per heavy atom. The molecule has 1 unspecified atom stereocenters. The summed E-state index contributed by atoms with van der Waals surface area (Å²) < 4.78 is 11.2. The second-order valence-corrected chi connectivity index (χ2v) is 6.49. The minimum absolute atomic E-state index is 0.0146. The van der Waals surface area contributed by atoms with Crippen LogP contribution in [0.4, 0.5) is 4.79 Å². The molecule has 2 N–H and O–H groups in total. The molecule has 2 heterocycles. The first-order valence-electron chi connectivity index (χ1n) is 7.96. The monoisotopic (exact) mass is 379 g/mol. The highest BCUT2D eigenvalue weighted by atomic mass is 32.2. The van der Waals surface area contributed by atoms with Crippen molar-refractivity contribution in [3.63, 3.8) is 0 Å². The number of fused-ring (bicyclic) bond motifs is 1. The predicted molar refractivity (Wildman–Crippen MR) is 91.9 cm³/mol. The standard InChI is InChI=1S/C16H17N3O6S/c20-13-9-26-16(23)19(13)6-5-17-14(21)15(22)18-7-10-8-24-11-3-1-2-4-12(11)25-10/h1-4,10H,5-9H2,(H,17,21)(H,18,22). The van der Waals surface area contributed by atoms with Gasteiger partial charge in [0.15, 0.2) is 11.5 Å². The van der Waals surface area contributed by atoms with Crippen molar-refractivity contribution in [1.29, 1.82) is 0 Å². The van der Waals surface area contributed by atoms with Crippen molar-refractivity contribution in [3.8, 4) is 11.5 Å². The average molecular weight is 379 g/mol. The minimum Gasteiger partial charge on any atom is -0.486 e. The quantitative estimate of drug-likeness (QED) is 0.679. The fourth-order valence-corrected chi connectivity index (χ4v) is 3.16. The Kier molecular flexibility index (Phi) is 5.61. The van der Waals surface area contributed by atoms with Crippen LogP contribution in [0.15, 0.2) is 24.3 Å². The molecule has 0 aliphatic carbocycles. The van der Waals surface area contributed by atoms with Crippen LogP contribution >= 0.6 is 11.8 Å². The van der Waals surface area contributed by atoms with Gasteiger partial charge in [-0.15, -0.1) is 0 Å². The van der Waals surface area contributed by atoms with Gasteiger partial charge in [0.2, 0.25) is 5.91 Å². The molecule has 1 saturated heterocycles. The van der Waals surface area contributed by atoms with Crippen LogP contribution in [0.5, 0.6) is 11.5 Å². The van der Waals surface area contributed by atoms with Gasteiger partial charge in [0.1, 0.15) is 12.7 Å². The molecule has 3 rings (SSSR count). The minimum atomic E-state index is -0.839. The SMILES string of the molecule is O=C(NCCN1C(=O)CSC1=O)C(=O)NCC1COc2ccccc2O1. The molecule has 2 aliphatic heterocycles. The molecule has 1 aromatic carbocycles. The third-order valence-electron chi connectivity index (χ3n) is 3.73. The Hall–Kier alpha value is -2.75. The number of amides is 4. The number of imide groups is 1. The molecule has 1 fully saturated rings. The molecule has 1 atom stereocenters. The highest BCUT2D eigenvalue weighted by Crippen LogP contribution is 2.30.